The van der Waals surface area contributed by atoms with Crippen LogP contribution in [0.15, 0.2) is 29.2 Å². The number of carbonyl (C=O) groups excluding carboxylic acids is 1. The van der Waals surface area contributed by atoms with E-state index in [1.54, 1.807) is 26.0 Å². The van der Waals surface area contributed by atoms with E-state index in [1.807, 2.05) is 6.92 Å². The molecule has 0 bridgehead atoms. The highest BCUT2D eigenvalue weighted by molar-refractivity contribution is 7.89. The Morgan fingerprint density at radius 1 is 1.12 bits per heavy atom. The standard InChI is InChI=1S/C16H25N3O4S/c1-12(2)18-24(21,22)15-6-4-14(5-7-15)17-16(20)13(3)19-8-10-23-11-9-19/h4-7,12-13,18H,8-11H2,1-3H3,(H,17,20)/t13-/m1/s1. The van der Waals surface area contributed by atoms with Gasteiger partial charge in [0, 0.05) is 24.8 Å². The number of morpholine rings is 1. The Morgan fingerprint density at radius 3 is 2.25 bits per heavy atom. The van der Waals surface area contributed by atoms with Gasteiger partial charge in [0.15, 0.2) is 0 Å². The van der Waals surface area contributed by atoms with E-state index in [2.05, 4.69) is 14.9 Å². The molecule has 1 saturated heterocycles. The number of hydrogen-bond acceptors (Lipinski definition) is 5. The fraction of sp³-hybridized carbons (Fsp3) is 0.562. The summed E-state index contributed by atoms with van der Waals surface area (Å²) in [6.45, 7) is 8.10. The molecule has 0 saturated carbocycles. The van der Waals surface area contributed by atoms with Crippen LogP contribution in [-0.2, 0) is 19.6 Å². The number of rotatable bonds is 6. The smallest absolute Gasteiger partial charge is 0.241 e. The molecule has 0 aliphatic carbocycles. The molecule has 1 fully saturated rings. The molecule has 1 aliphatic rings. The molecule has 0 radical (unpaired) electrons. The van der Waals surface area contributed by atoms with Crippen molar-refractivity contribution < 1.29 is 17.9 Å². The molecular formula is C16H25N3O4S. The summed E-state index contributed by atoms with van der Waals surface area (Å²) in [6, 6.07) is 5.72. The highest BCUT2D eigenvalue weighted by Gasteiger charge is 2.23. The minimum absolute atomic E-state index is 0.118. The molecule has 1 amide bonds. The van der Waals surface area contributed by atoms with Crippen molar-refractivity contribution in [2.45, 2.75) is 37.8 Å². The summed E-state index contributed by atoms with van der Waals surface area (Å²) in [5.74, 6) is -0.118. The van der Waals surface area contributed by atoms with Crippen LogP contribution in [0.3, 0.4) is 0 Å². The molecule has 1 aromatic rings. The lowest BCUT2D eigenvalue weighted by atomic mass is 10.2. The van der Waals surface area contributed by atoms with Gasteiger partial charge >= 0.3 is 0 Å². The summed E-state index contributed by atoms with van der Waals surface area (Å²) in [6.07, 6.45) is 0. The van der Waals surface area contributed by atoms with Gasteiger partial charge in [-0.25, -0.2) is 13.1 Å². The van der Waals surface area contributed by atoms with Crippen LogP contribution >= 0.6 is 0 Å². The van der Waals surface area contributed by atoms with Gasteiger partial charge in [-0.2, -0.15) is 0 Å². The molecule has 0 unspecified atom stereocenters. The SMILES string of the molecule is CC(C)NS(=O)(=O)c1ccc(NC(=O)[C@@H](C)N2CCOCC2)cc1. The number of anilines is 1. The van der Waals surface area contributed by atoms with Gasteiger partial charge in [0.1, 0.15) is 0 Å². The Labute approximate surface area is 143 Å². The van der Waals surface area contributed by atoms with E-state index in [0.29, 0.717) is 18.9 Å². The van der Waals surface area contributed by atoms with E-state index in [1.165, 1.54) is 12.1 Å². The number of hydrogen-bond donors (Lipinski definition) is 2. The third-order valence-electron chi connectivity index (χ3n) is 3.80. The number of ether oxygens (including phenoxy) is 1. The summed E-state index contributed by atoms with van der Waals surface area (Å²) in [5, 5.41) is 2.82. The quantitative estimate of drug-likeness (QED) is 0.796. The average molecular weight is 355 g/mol. The number of amides is 1. The zero-order valence-corrected chi connectivity index (χ0v) is 15.1. The highest BCUT2D eigenvalue weighted by Crippen LogP contribution is 2.15. The molecule has 1 aromatic carbocycles. The number of nitrogens with zero attached hydrogens (tertiary/aromatic N) is 1. The first kappa shape index (κ1) is 18.9. The van der Waals surface area contributed by atoms with Crippen molar-refractivity contribution in [1.82, 2.24) is 9.62 Å². The van der Waals surface area contributed by atoms with Gasteiger partial charge < -0.3 is 10.1 Å². The van der Waals surface area contributed by atoms with Gasteiger partial charge in [-0.05, 0) is 45.0 Å². The maximum absolute atomic E-state index is 12.3. The summed E-state index contributed by atoms with van der Waals surface area (Å²) in [5.41, 5.74) is 0.573. The van der Waals surface area contributed by atoms with Crippen LogP contribution in [0.1, 0.15) is 20.8 Å². The van der Waals surface area contributed by atoms with Gasteiger partial charge in [0.25, 0.3) is 0 Å². The fourth-order valence-electron chi connectivity index (χ4n) is 2.47. The maximum atomic E-state index is 12.3. The van der Waals surface area contributed by atoms with Crippen LogP contribution < -0.4 is 10.0 Å². The summed E-state index contributed by atoms with van der Waals surface area (Å²) < 4.78 is 32.0. The molecule has 7 nitrogen and oxygen atoms in total. The summed E-state index contributed by atoms with van der Waals surface area (Å²) in [7, 11) is -3.52. The molecule has 0 aromatic heterocycles. The number of sulfonamides is 1. The predicted octanol–water partition coefficient (Wildman–Crippen LogP) is 1.03. The topological polar surface area (TPSA) is 87.7 Å². The number of nitrogens with one attached hydrogen (secondary N) is 2. The van der Waals surface area contributed by atoms with E-state index >= 15 is 0 Å². The molecule has 0 spiro atoms. The lowest BCUT2D eigenvalue weighted by Gasteiger charge is -2.31. The minimum atomic E-state index is -3.52. The van der Waals surface area contributed by atoms with Gasteiger partial charge in [0.05, 0.1) is 24.2 Å². The van der Waals surface area contributed by atoms with Gasteiger partial charge in [0.2, 0.25) is 15.9 Å². The van der Waals surface area contributed by atoms with Crippen molar-refractivity contribution in [2.75, 3.05) is 31.6 Å². The van der Waals surface area contributed by atoms with Crippen LogP contribution in [0.4, 0.5) is 5.69 Å². The zero-order chi connectivity index (χ0) is 17.7. The molecule has 134 valence electrons. The van der Waals surface area contributed by atoms with E-state index in [-0.39, 0.29) is 22.9 Å². The Bertz CT molecular complexity index is 652. The predicted molar refractivity (Wildman–Crippen MR) is 92.4 cm³/mol. The molecule has 1 heterocycles. The first-order valence-corrected chi connectivity index (χ1v) is 9.53. The van der Waals surface area contributed by atoms with Crippen molar-refractivity contribution in [2.24, 2.45) is 0 Å². The van der Waals surface area contributed by atoms with Gasteiger partial charge in [-0.1, -0.05) is 0 Å². The monoisotopic (exact) mass is 355 g/mol. The Balaban J connectivity index is 1.99. The van der Waals surface area contributed by atoms with E-state index in [0.717, 1.165) is 13.1 Å². The van der Waals surface area contributed by atoms with Crippen LogP contribution in [0, 0.1) is 0 Å². The van der Waals surface area contributed by atoms with Crippen LogP contribution in [0.5, 0.6) is 0 Å². The molecule has 8 heteroatoms. The zero-order valence-electron chi connectivity index (χ0n) is 14.3. The van der Waals surface area contributed by atoms with Crippen LogP contribution in [0.25, 0.3) is 0 Å². The minimum Gasteiger partial charge on any atom is -0.379 e. The molecule has 1 aliphatic heterocycles. The largest absolute Gasteiger partial charge is 0.379 e. The van der Waals surface area contributed by atoms with Crippen molar-refractivity contribution in [3.05, 3.63) is 24.3 Å². The molecule has 1 atom stereocenters. The van der Waals surface area contributed by atoms with E-state index < -0.39 is 10.0 Å². The van der Waals surface area contributed by atoms with Crippen LogP contribution in [0.2, 0.25) is 0 Å². The van der Waals surface area contributed by atoms with Crippen molar-refractivity contribution in [3.8, 4) is 0 Å². The third-order valence-corrected chi connectivity index (χ3v) is 5.47. The van der Waals surface area contributed by atoms with E-state index in [9.17, 15) is 13.2 Å². The first-order chi connectivity index (χ1) is 11.3. The molecule has 24 heavy (non-hydrogen) atoms. The summed E-state index contributed by atoms with van der Waals surface area (Å²) >= 11 is 0. The van der Waals surface area contributed by atoms with Crippen LogP contribution in [-0.4, -0.2) is 57.6 Å². The number of carbonyl (C=O) groups is 1. The molecule has 2 N–H and O–H groups in total. The lowest BCUT2D eigenvalue weighted by Crippen LogP contribution is -2.47. The first-order valence-electron chi connectivity index (χ1n) is 8.04. The van der Waals surface area contributed by atoms with Gasteiger partial charge in [-0.15, -0.1) is 0 Å². The fourth-order valence-corrected chi connectivity index (χ4v) is 3.72. The highest BCUT2D eigenvalue weighted by atomic mass is 32.2. The second kappa shape index (κ2) is 8.06. The Hall–Kier alpha value is -1.48. The van der Waals surface area contributed by atoms with Crippen molar-refractivity contribution >= 4 is 21.6 Å². The Kier molecular flexibility index (Phi) is 6.34. The number of benzene rings is 1. The second-order valence-electron chi connectivity index (χ2n) is 6.11. The molecular weight excluding hydrogens is 330 g/mol. The maximum Gasteiger partial charge on any atom is 0.241 e. The average Bonchev–Trinajstić information content (AvgIpc) is 2.54. The van der Waals surface area contributed by atoms with Crippen molar-refractivity contribution in [1.29, 1.82) is 0 Å². The summed E-state index contributed by atoms with van der Waals surface area (Å²) in [4.78, 5) is 14.6. The third kappa shape index (κ3) is 5.01. The lowest BCUT2D eigenvalue weighted by molar-refractivity contribution is -0.122. The Morgan fingerprint density at radius 2 is 1.71 bits per heavy atom. The van der Waals surface area contributed by atoms with E-state index in [4.69, 9.17) is 4.74 Å². The normalized spacial score (nSPS) is 17.7. The van der Waals surface area contributed by atoms with Crippen molar-refractivity contribution in [3.63, 3.8) is 0 Å². The molecule has 2 rings (SSSR count). The van der Waals surface area contributed by atoms with Gasteiger partial charge in [-0.3, -0.25) is 9.69 Å². The second-order valence-corrected chi connectivity index (χ2v) is 7.83.